The molecule has 0 aliphatic rings. The highest BCUT2D eigenvalue weighted by Crippen LogP contribution is 2.17. The van der Waals surface area contributed by atoms with Gasteiger partial charge in [-0.15, -0.1) is 12.4 Å². The molecule has 1 aromatic carbocycles. The summed E-state index contributed by atoms with van der Waals surface area (Å²) in [4.78, 5) is 33.7. The van der Waals surface area contributed by atoms with E-state index in [-0.39, 0.29) is 49.9 Å². The minimum Gasteiger partial charge on any atom is -0.353 e. The van der Waals surface area contributed by atoms with Crippen molar-refractivity contribution in [2.45, 2.75) is 32.7 Å². The average Bonchev–Trinajstić information content (AvgIpc) is 2.55. The number of halogens is 1. The standard InChI is InChI=1S/C17H26N4O3.ClH/c1-11(2)13-4-6-14(7-5-13)15(18)8-20-17(24)10-21-16(23)9-19-12(3)22;/h4-7,11,15H,8-10,18H2,1-3H3,(H,19,22)(H,20,24)(H,21,23);1H. The fourth-order valence-electron chi connectivity index (χ4n) is 1.98. The predicted octanol–water partition coefficient (Wildman–Crippen LogP) is 0.600. The van der Waals surface area contributed by atoms with Gasteiger partial charge in [-0.1, -0.05) is 38.1 Å². The maximum absolute atomic E-state index is 11.7. The molecule has 1 aromatic rings. The molecule has 0 fully saturated rings. The summed E-state index contributed by atoms with van der Waals surface area (Å²) in [5.41, 5.74) is 8.23. The van der Waals surface area contributed by atoms with Gasteiger partial charge in [0.1, 0.15) is 0 Å². The lowest BCUT2D eigenvalue weighted by Crippen LogP contribution is -2.42. The van der Waals surface area contributed by atoms with Gasteiger partial charge in [-0.05, 0) is 17.0 Å². The number of hydrogen-bond donors (Lipinski definition) is 4. The molecular weight excluding hydrogens is 344 g/mol. The van der Waals surface area contributed by atoms with Crippen LogP contribution in [0.3, 0.4) is 0 Å². The zero-order chi connectivity index (χ0) is 18.1. The highest BCUT2D eigenvalue weighted by atomic mass is 35.5. The highest BCUT2D eigenvalue weighted by molar-refractivity contribution is 5.87. The Kier molecular flexibility index (Phi) is 10.5. The second kappa shape index (κ2) is 11.4. The Hall–Kier alpha value is -2.12. The SMILES string of the molecule is CC(=O)NCC(=O)NCC(=O)NCC(N)c1ccc(C(C)C)cc1.Cl. The molecule has 0 aromatic heterocycles. The van der Waals surface area contributed by atoms with Gasteiger partial charge < -0.3 is 21.7 Å². The van der Waals surface area contributed by atoms with E-state index in [4.69, 9.17) is 5.73 Å². The Bertz CT molecular complexity index is 576. The number of benzene rings is 1. The smallest absolute Gasteiger partial charge is 0.239 e. The first-order chi connectivity index (χ1) is 11.3. The van der Waals surface area contributed by atoms with E-state index in [9.17, 15) is 14.4 Å². The van der Waals surface area contributed by atoms with Crippen LogP contribution >= 0.6 is 12.4 Å². The molecule has 0 aliphatic heterocycles. The zero-order valence-corrected chi connectivity index (χ0v) is 15.6. The van der Waals surface area contributed by atoms with Crippen molar-refractivity contribution >= 4 is 30.1 Å². The molecule has 5 N–H and O–H groups in total. The number of amides is 3. The van der Waals surface area contributed by atoms with Gasteiger partial charge in [0.05, 0.1) is 13.1 Å². The second-order valence-electron chi connectivity index (χ2n) is 5.92. The monoisotopic (exact) mass is 370 g/mol. The first-order valence-corrected chi connectivity index (χ1v) is 7.93. The van der Waals surface area contributed by atoms with E-state index < -0.39 is 5.91 Å². The lowest BCUT2D eigenvalue weighted by Gasteiger charge is -2.15. The molecular formula is C17H27ClN4O3. The fourth-order valence-corrected chi connectivity index (χ4v) is 1.98. The molecule has 0 spiro atoms. The van der Waals surface area contributed by atoms with E-state index in [0.29, 0.717) is 5.92 Å². The van der Waals surface area contributed by atoms with Crippen molar-refractivity contribution in [2.75, 3.05) is 19.6 Å². The molecule has 7 nitrogen and oxygen atoms in total. The van der Waals surface area contributed by atoms with Crippen molar-refractivity contribution in [3.63, 3.8) is 0 Å². The van der Waals surface area contributed by atoms with Gasteiger partial charge in [0.15, 0.2) is 0 Å². The number of nitrogens with two attached hydrogens (primary N) is 1. The van der Waals surface area contributed by atoms with Gasteiger partial charge in [-0.25, -0.2) is 0 Å². The first-order valence-electron chi connectivity index (χ1n) is 7.93. The van der Waals surface area contributed by atoms with Gasteiger partial charge in [0, 0.05) is 19.5 Å². The predicted molar refractivity (Wildman–Crippen MR) is 99.4 cm³/mol. The van der Waals surface area contributed by atoms with Crippen molar-refractivity contribution < 1.29 is 14.4 Å². The van der Waals surface area contributed by atoms with Crippen LogP contribution in [0.15, 0.2) is 24.3 Å². The van der Waals surface area contributed by atoms with E-state index in [0.717, 1.165) is 5.56 Å². The van der Waals surface area contributed by atoms with Crippen LogP contribution < -0.4 is 21.7 Å². The third-order valence-electron chi connectivity index (χ3n) is 3.49. The van der Waals surface area contributed by atoms with Crippen molar-refractivity contribution in [1.29, 1.82) is 0 Å². The largest absolute Gasteiger partial charge is 0.353 e. The van der Waals surface area contributed by atoms with E-state index in [1.807, 2.05) is 24.3 Å². The molecule has 140 valence electrons. The minimum absolute atomic E-state index is 0. The third-order valence-corrected chi connectivity index (χ3v) is 3.49. The first kappa shape index (κ1) is 22.9. The van der Waals surface area contributed by atoms with Crippen LogP contribution in [0.4, 0.5) is 0 Å². The number of carbonyl (C=O) groups is 3. The molecule has 0 heterocycles. The van der Waals surface area contributed by atoms with Crippen molar-refractivity contribution in [3.8, 4) is 0 Å². The highest BCUT2D eigenvalue weighted by Gasteiger charge is 2.10. The molecule has 3 amide bonds. The lowest BCUT2D eigenvalue weighted by molar-refractivity contribution is -0.127. The zero-order valence-electron chi connectivity index (χ0n) is 14.8. The summed E-state index contributed by atoms with van der Waals surface area (Å²) in [5.74, 6) is -0.602. The molecule has 1 atom stereocenters. The van der Waals surface area contributed by atoms with Crippen LogP contribution in [-0.4, -0.2) is 37.4 Å². The van der Waals surface area contributed by atoms with Crippen molar-refractivity contribution in [2.24, 2.45) is 5.73 Å². The number of rotatable bonds is 8. The Labute approximate surface area is 154 Å². The van der Waals surface area contributed by atoms with E-state index >= 15 is 0 Å². The van der Waals surface area contributed by atoms with Crippen molar-refractivity contribution in [3.05, 3.63) is 35.4 Å². The van der Waals surface area contributed by atoms with E-state index in [1.54, 1.807) is 0 Å². The molecule has 25 heavy (non-hydrogen) atoms. The number of nitrogens with one attached hydrogen (secondary N) is 3. The quantitative estimate of drug-likeness (QED) is 0.536. The van der Waals surface area contributed by atoms with Crippen LogP contribution in [0.5, 0.6) is 0 Å². The Morgan fingerprint density at radius 2 is 1.40 bits per heavy atom. The normalized spacial score (nSPS) is 11.2. The Morgan fingerprint density at radius 1 is 0.920 bits per heavy atom. The van der Waals surface area contributed by atoms with Gasteiger partial charge in [0.25, 0.3) is 0 Å². The third kappa shape index (κ3) is 9.07. The summed E-state index contributed by atoms with van der Waals surface area (Å²) in [6, 6.07) is 7.67. The van der Waals surface area contributed by atoms with Crippen LogP contribution in [0.25, 0.3) is 0 Å². The van der Waals surface area contributed by atoms with Gasteiger partial charge in [0.2, 0.25) is 17.7 Å². The van der Waals surface area contributed by atoms with Crippen LogP contribution in [0.1, 0.15) is 43.9 Å². The maximum Gasteiger partial charge on any atom is 0.239 e. The summed E-state index contributed by atoms with van der Waals surface area (Å²) in [6.45, 7) is 5.53. The Balaban J connectivity index is 0.00000576. The molecule has 0 aliphatic carbocycles. The minimum atomic E-state index is -0.422. The van der Waals surface area contributed by atoms with Crippen LogP contribution in [0, 0.1) is 0 Å². The van der Waals surface area contributed by atoms with Crippen LogP contribution in [-0.2, 0) is 14.4 Å². The second-order valence-corrected chi connectivity index (χ2v) is 5.92. The number of carbonyl (C=O) groups excluding carboxylic acids is 3. The fraction of sp³-hybridized carbons (Fsp3) is 0.471. The molecule has 0 saturated heterocycles. The molecule has 1 rings (SSSR count). The topological polar surface area (TPSA) is 113 Å². The van der Waals surface area contributed by atoms with E-state index in [1.165, 1.54) is 12.5 Å². The van der Waals surface area contributed by atoms with E-state index in [2.05, 4.69) is 29.8 Å². The summed E-state index contributed by atoms with van der Waals surface area (Å²) < 4.78 is 0. The molecule has 0 saturated carbocycles. The summed E-state index contributed by atoms with van der Waals surface area (Å²) in [5, 5.41) is 7.44. The van der Waals surface area contributed by atoms with Crippen molar-refractivity contribution in [1.82, 2.24) is 16.0 Å². The summed E-state index contributed by atoms with van der Waals surface area (Å²) in [7, 11) is 0. The molecule has 1 unspecified atom stereocenters. The number of hydrogen-bond acceptors (Lipinski definition) is 4. The molecule has 0 bridgehead atoms. The summed E-state index contributed by atoms with van der Waals surface area (Å²) >= 11 is 0. The Morgan fingerprint density at radius 3 is 1.92 bits per heavy atom. The lowest BCUT2D eigenvalue weighted by atomic mass is 9.99. The molecule has 0 radical (unpaired) electrons. The molecule has 8 heteroatoms. The van der Waals surface area contributed by atoms with Crippen LogP contribution in [0.2, 0.25) is 0 Å². The van der Waals surface area contributed by atoms with Gasteiger partial charge >= 0.3 is 0 Å². The van der Waals surface area contributed by atoms with Gasteiger partial charge in [-0.2, -0.15) is 0 Å². The van der Waals surface area contributed by atoms with Gasteiger partial charge in [-0.3, -0.25) is 14.4 Å². The average molecular weight is 371 g/mol. The summed E-state index contributed by atoms with van der Waals surface area (Å²) in [6.07, 6.45) is 0. The maximum atomic E-state index is 11.7.